The minimum atomic E-state index is -0.245. The Morgan fingerprint density at radius 3 is 2.77 bits per heavy atom. The van der Waals surface area contributed by atoms with Crippen molar-refractivity contribution in [1.29, 1.82) is 0 Å². The van der Waals surface area contributed by atoms with Crippen molar-refractivity contribution < 1.29 is 4.39 Å². The van der Waals surface area contributed by atoms with Crippen LogP contribution in [-0.2, 0) is 5.33 Å². The molecule has 0 atom stereocenters. The molecular weight excluding hydrogens is 235 g/mol. The van der Waals surface area contributed by atoms with Crippen molar-refractivity contribution >= 4 is 27.0 Å². The van der Waals surface area contributed by atoms with Crippen LogP contribution in [0.5, 0.6) is 0 Å². The van der Waals surface area contributed by atoms with Gasteiger partial charge in [-0.2, -0.15) is 0 Å². The molecule has 0 aliphatic carbocycles. The standard InChI is InChI=1S/C9H6BrFN2/c10-5-6-7(11)1-2-8-9(6)13-4-3-12-8/h1-4H,5H2. The number of fused-ring (bicyclic) bond motifs is 1. The first-order chi connectivity index (χ1) is 6.33. The zero-order valence-corrected chi connectivity index (χ0v) is 8.25. The van der Waals surface area contributed by atoms with Crippen LogP contribution >= 0.6 is 15.9 Å². The SMILES string of the molecule is Fc1ccc2nccnc2c1CBr. The molecule has 2 rings (SSSR count). The zero-order chi connectivity index (χ0) is 9.26. The molecule has 13 heavy (non-hydrogen) atoms. The van der Waals surface area contributed by atoms with Gasteiger partial charge in [-0.3, -0.25) is 9.97 Å². The Morgan fingerprint density at radius 2 is 2.00 bits per heavy atom. The van der Waals surface area contributed by atoms with E-state index in [1.807, 2.05) is 0 Å². The number of nitrogens with zero attached hydrogens (tertiary/aromatic N) is 2. The normalized spacial score (nSPS) is 10.6. The molecule has 0 aliphatic heterocycles. The maximum absolute atomic E-state index is 13.2. The lowest BCUT2D eigenvalue weighted by atomic mass is 10.2. The van der Waals surface area contributed by atoms with Gasteiger partial charge in [0, 0.05) is 23.3 Å². The van der Waals surface area contributed by atoms with Gasteiger partial charge in [-0.05, 0) is 12.1 Å². The smallest absolute Gasteiger partial charge is 0.129 e. The van der Waals surface area contributed by atoms with Crippen LogP contribution in [0.15, 0.2) is 24.5 Å². The second kappa shape index (κ2) is 3.38. The van der Waals surface area contributed by atoms with Crippen molar-refractivity contribution in [1.82, 2.24) is 9.97 Å². The number of benzene rings is 1. The Hall–Kier alpha value is -1.03. The van der Waals surface area contributed by atoms with Crippen LogP contribution in [0.25, 0.3) is 11.0 Å². The van der Waals surface area contributed by atoms with Crippen molar-refractivity contribution in [3.8, 4) is 0 Å². The molecule has 2 nitrogen and oxygen atoms in total. The lowest BCUT2D eigenvalue weighted by molar-refractivity contribution is 0.619. The molecule has 66 valence electrons. The molecule has 0 amide bonds. The van der Waals surface area contributed by atoms with Crippen LogP contribution in [0.3, 0.4) is 0 Å². The molecule has 0 unspecified atom stereocenters. The minimum Gasteiger partial charge on any atom is -0.253 e. The Morgan fingerprint density at radius 1 is 1.23 bits per heavy atom. The van der Waals surface area contributed by atoms with Gasteiger partial charge in [0.1, 0.15) is 5.82 Å². The number of alkyl halides is 1. The fourth-order valence-corrected chi connectivity index (χ4v) is 1.73. The molecule has 0 fully saturated rings. The monoisotopic (exact) mass is 240 g/mol. The fraction of sp³-hybridized carbons (Fsp3) is 0.111. The van der Waals surface area contributed by atoms with Crippen molar-refractivity contribution in [2.75, 3.05) is 0 Å². The first-order valence-electron chi connectivity index (χ1n) is 3.77. The number of hydrogen-bond donors (Lipinski definition) is 0. The Kier molecular flexibility index (Phi) is 2.22. The minimum absolute atomic E-state index is 0.245. The number of halogens is 2. The van der Waals surface area contributed by atoms with E-state index in [1.165, 1.54) is 6.07 Å². The molecule has 0 saturated heterocycles. The third-order valence-corrected chi connectivity index (χ3v) is 2.38. The molecule has 0 bridgehead atoms. The third kappa shape index (κ3) is 1.42. The summed E-state index contributed by atoms with van der Waals surface area (Å²) in [5.41, 5.74) is 1.91. The van der Waals surface area contributed by atoms with Gasteiger partial charge in [-0.15, -0.1) is 0 Å². The summed E-state index contributed by atoms with van der Waals surface area (Å²) in [6, 6.07) is 3.04. The van der Waals surface area contributed by atoms with E-state index in [4.69, 9.17) is 0 Å². The highest BCUT2D eigenvalue weighted by atomic mass is 79.9. The Labute approximate surface area is 83.0 Å². The maximum atomic E-state index is 13.2. The van der Waals surface area contributed by atoms with E-state index < -0.39 is 0 Å². The van der Waals surface area contributed by atoms with E-state index in [1.54, 1.807) is 18.5 Å². The first-order valence-corrected chi connectivity index (χ1v) is 4.89. The van der Waals surface area contributed by atoms with Gasteiger partial charge in [0.05, 0.1) is 11.0 Å². The van der Waals surface area contributed by atoms with Crippen LogP contribution in [-0.4, -0.2) is 9.97 Å². The van der Waals surface area contributed by atoms with Gasteiger partial charge >= 0.3 is 0 Å². The molecule has 0 aliphatic rings. The van der Waals surface area contributed by atoms with Crippen molar-refractivity contribution in [3.05, 3.63) is 35.9 Å². The lowest BCUT2D eigenvalue weighted by Crippen LogP contribution is -1.92. The molecular formula is C9H6BrFN2. The average molecular weight is 241 g/mol. The van der Waals surface area contributed by atoms with Crippen LogP contribution in [0, 0.1) is 5.82 Å². The van der Waals surface area contributed by atoms with Crippen LogP contribution < -0.4 is 0 Å². The molecule has 0 N–H and O–H groups in total. The summed E-state index contributed by atoms with van der Waals surface area (Å²) in [5.74, 6) is -0.245. The highest BCUT2D eigenvalue weighted by Gasteiger charge is 2.06. The van der Waals surface area contributed by atoms with Crippen molar-refractivity contribution in [2.24, 2.45) is 0 Å². The summed E-state index contributed by atoms with van der Waals surface area (Å²) in [5, 5.41) is 0.453. The predicted octanol–water partition coefficient (Wildman–Crippen LogP) is 2.66. The Balaban J connectivity index is 2.84. The van der Waals surface area contributed by atoms with E-state index in [-0.39, 0.29) is 5.82 Å². The van der Waals surface area contributed by atoms with Gasteiger partial charge in [0.15, 0.2) is 0 Å². The number of hydrogen-bond acceptors (Lipinski definition) is 2. The molecule has 0 saturated carbocycles. The van der Waals surface area contributed by atoms with E-state index >= 15 is 0 Å². The molecule has 0 radical (unpaired) electrons. The summed E-state index contributed by atoms with van der Waals surface area (Å²) in [7, 11) is 0. The largest absolute Gasteiger partial charge is 0.253 e. The quantitative estimate of drug-likeness (QED) is 0.717. The van der Waals surface area contributed by atoms with E-state index in [9.17, 15) is 4.39 Å². The molecule has 0 spiro atoms. The van der Waals surface area contributed by atoms with E-state index in [0.717, 1.165) is 5.52 Å². The van der Waals surface area contributed by atoms with Crippen molar-refractivity contribution in [3.63, 3.8) is 0 Å². The topological polar surface area (TPSA) is 25.8 Å². The average Bonchev–Trinajstić information content (AvgIpc) is 2.18. The van der Waals surface area contributed by atoms with Gasteiger partial charge < -0.3 is 0 Å². The highest BCUT2D eigenvalue weighted by molar-refractivity contribution is 9.08. The Bertz CT molecular complexity index is 445. The van der Waals surface area contributed by atoms with Gasteiger partial charge in [0.25, 0.3) is 0 Å². The summed E-state index contributed by atoms with van der Waals surface area (Å²) in [4.78, 5) is 8.16. The van der Waals surface area contributed by atoms with Gasteiger partial charge in [-0.1, -0.05) is 15.9 Å². The molecule has 1 heterocycles. The highest BCUT2D eigenvalue weighted by Crippen LogP contribution is 2.19. The fourth-order valence-electron chi connectivity index (χ4n) is 1.20. The van der Waals surface area contributed by atoms with E-state index in [2.05, 4.69) is 25.9 Å². The summed E-state index contributed by atoms with van der Waals surface area (Å²) < 4.78 is 13.2. The van der Waals surface area contributed by atoms with Crippen LogP contribution in [0.2, 0.25) is 0 Å². The molecule has 1 aromatic heterocycles. The van der Waals surface area contributed by atoms with E-state index in [0.29, 0.717) is 16.4 Å². The summed E-state index contributed by atoms with van der Waals surface area (Å²) in [6.45, 7) is 0. The van der Waals surface area contributed by atoms with Gasteiger partial charge in [-0.25, -0.2) is 4.39 Å². The van der Waals surface area contributed by atoms with Crippen LogP contribution in [0.1, 0.15) is 5.56 Å². The third-order valence-electron chi connectivity index (χ3n) is 1.82. The number of aromatic nitrogens is 2. The summed E-state index contributed by atoms with van der Waals surface area (Å²) >= 11 is 3.22. The first kappa shape index (κ1) is 8.56. The van der Waals surface area contributed by atoms with Crippen LogP contribution in [0.4, 0.5) is 4.39 Å². The maximum Gasteiger partial charge on any atom is 0.129 e. The second-order valence-corrected chi connectivity index (χ2v) is 3.14. The van der Waals surface area contributed by atoms with Gasteiger partial charge in [0.2, 0.25) is 0 Å². The predicted molar refractivity (Wildman–Crippen MR) is 52.1 cm³/mol. The zero-order valence-electron chi connectivity index (χ0n) is 6.67. The second-order valence-electron chi connectivity index (χ2n) is 2.58. The lowest BCUT2D eigenvalue weighted by Gasteiger charge is -2.02. The summed E-state index contributed by atoms with van der Waals surface area (Å²) in [6.07, 6.45) is 3.16. The molecule has 4 heteroatoms. The molecule has 1 aromatic carbocycles. The molecule has 2 aromatic rings. The van der Waals surface area contributed by atoms with Crippen molar-refractivity contribution in [2.45, 2.75) is 5.33 Å². The number of rotatable bonds is 1.